The van der Waals surface area contributed by atoms with Gasteiger partial charge in [-0.15, -0.1) is 0 Å². The van der Waals surface area contributed by atoms with E-state index in [1.54, 1.807) is 0 Å². The Morgan fingerprint density at radius 3 is 2.58 bits per heavy atom. The van der Waals surface area contributed by atoms with Crippen molar-refractivity contribution in [2.24, 2.45) is 0 Å². The summed E-state index contributed by atoms with van der Waals surface area (Å²) in [7, 11) is 0. The van der Waals surface area contributed by atoms with Gasteiger partial charge in [-0.05, 0) is 18.2 Å². The molecule has 2 N–H and O–H groups in total. The van der Waals surface area contributed by atoms with E-state index in [9.17, 15) is 19.7 Å². The number of hydrogen-bond acceptors (Lipinski definition) is 5. The van der Waals surface area contributed by atoms with E-state index in [1.807, 2.05) is 0 Å². The molecule has 0 aliphatic rings. The number of aromatic nitrogens is 1. The maximum absolute atomic E-state index is 12.1. The van der Waals surface area contributed by atoms with E-state index in [1.165, 1.54) is 30.5 Å². The summed E-state index contributed by atoms with van der Waals surface area (Å²) >= 11 is 11.5. The van der Waals surface area contributed by atoms with Crippen LogP contribution in [0.4, 0.5) is 11.4 Å². The highest BCUT2D eigenvalue weighted by atomic mass is 35.5. The van der Waals surface area contributed by atoms with Gasteiger partial charge in [0.1, 0.15) is 10.7 Å². The number of rotatable bonds is 5. The number of nitrogens with zero attached hydrogens (tertiary/aromatic N) is 2. The standard InChI is InChI=1S/C14H10Cl2N4O4/c15-9-2-1-3-10(20(23)24)13(9)14(22)18-7-12(21)19-8-4-5-11(16)17-6-8/h1-6H,7H2,(H,18,22)(H,19,21). The van der Waals surface area contributed by atoms with E-state index in [0.717, 1.165) is 6.07 Å². The van der Waals surface area contributed by atoms with E-state index in [2.05, 4.69) is 15.6 Å². The van der Waals surface area contributed by atoms with Crippen LogP contribution < -0.4 is 10.6 Å². The van der Waals surface area contributed by atoms with E-state index in [0.29, 0.717) is 5.69 Å². The van der Waals surface area contributed by atoms with Gasteiger partial charge < -0.3 is 10.6 Å². The number of carbonyl (C=O) groups is 2. The molecule has 10 heteroatoms. The molecule has 0 atom stereocenters. The van der Waals surface area contributed by atoms with E-state index in [-0.39, 0.29) is 15.7 Å². The van der Waals surface area contributed by atoms with Crippen molar-refractivity contribution in [3.8, 4) is 0 Å². The van der Waals surface area contributed by atoms with Gasteiger partial charge in [-0.3, -0.25) is 19.7 Å². The molecule has 0 saturated carbocycles. The molecule has 0 radical (unpaired) electrons. The van der Waals surface area contributed by atoms with Gasteiger partial charge in [0.15, 0.2) is 0 Å². The van der Waals surface area contributed by atoms with Crippen LogP contribution in [0, 0.1) is 10.1 Å². The van der Waals surface area contributed by atoms with Gasteiger partial charge >= 0.3 is 0 Å². The van der Waals surface area contributed by atoms with Crippen molar-refractivity contribution in [2.45, 2.75) is 0 Å². The fraction of sp³-hybridized carbons (Fsp3) is 0.0714. The monoisotopic (exact) mass is 368 g/mol. The van der Waals surface area contributed by atoms with Crippen LogP contribution in [-0.4, -0.2) is 28.3 Å². The molecule has 1 aromatic heterocycles. The number of nitro benzene ring substituents is 1. The second-order valence-corrected chi connectivity index (χ2v) is 5.29. The molecular weight excluding hydrogens is 359 g/mol. The predicted molar refractivity (Wildman–Crippen MR) is 88.3 cm³/mol. The molecule has 24 heavy (non-hydrogen) atoms. The molecule has 0 unspecified atom stereocenters. The van der Waals surface area contributed by atoms with Crippen LogP contribution in [0.15, 0.2) is 36.5 Å². The van der Waals surface area contributed by atoms with Crippen LogP contribution in [0.3, 0.4) is 0 Å². The van der Waals surface area contributed by atoms with Crippen LogP contribution >= 0.6 is 23.2 Å². The zero-order valence-electron chi connectivity index (χ0n) is 12.0. The van der Waals surface area contributed by atoms with Crippen molar-refractivity contribution in [3.05, 3.63) is 62.4 Å². The van der Waals surface area contributed by atoms with Crippen molar-refractivity contribution in [2.75, 3.05) is 11.9 Å². The number of benzene rings is 1. The van der Waals surface area contributed by atoms with Crippen LogP contribution in [0.25, 0.3) is 0 Å². The number of pyridine rings is 1. The minimum atomic E-state index is -0.823. The van der Waals surface area contributed by atoms with Crippen molar-refractivity contribution in [1.29, 1.82) is 0 Å². The summed E-state index contributed by atoms with van der Waals surface area (Å²) in [5.74, 6) is -1.36. The van der Waals surface area contributed by atoms with Gasteiger partial charge in [0.25, 0.3) is 11.6 Å². The topological polar surface area (TPSA) is 114 Å². The number of hydrogen-bond donors (Lipinski definition) is 2. The molecule has 0 bridgehead atoms. The highest BCUT2D eigenvalue weighted by Gasteiger charge is 2.23. The van der Waals surface area contributed by atoms with Gasteiger partial charge in [0, 0.05) is 6.07 Å². The second kappa shape index (κ2) is 7.71. The summed E-state index contributed by atoms with van der Waals surface area (Å²) in [6, 6.07) is 6.89. The normalized spacial score (nSPS) is 10.1. The molecule has 0 aliphatic heterocycles. The maximum atomic E-state index is 12.1. The Hall–Kier alpha value is -2.71. The smallest absolute Gasteiger partial charge is 0.283 e. The van der Waals surface area contributed by atoms with E-state index >= 15 is 0 Å². The molecular formula is C14H10Cl2N4O4. The third kappa shape index (κ3) is 4.40. The zero-order valence-corrected chi connectivity index (χ0v) is 13.5. The lowest BCUT2D eigenvalue weighted by atomic mass is 10.1. The van der Waals surface area contributed by atoms with Gasteiger partial charge in [-0.2, -0.15) is 0 Å². The Bertz CT molecular complexity index is 796. The molecule has 2 aromatic rings. The first kappa shape index (κ1) is 17.6. The van der Waals surface area contributed by atoms with Crippen molar-refractivity contribution in [1.82, 2.24) is 10.3 Å². The summed E-state index contributed by atoms with van der Waals surface area (Å²) < 4.78 is 0. The van der Waals surface area contributed by atoms with Crippen LogP contribution in [-0.2, 0) is 4.79 Å². The average molecular weight is 369 g/mol. The highest BCUT2D eigenvalue weighted by Crippen LogP contribution is 2.25. The molecule has 124 valence electrons. The molecule has 0 saturated heterocycles. The van der Waals surface area contributed by atoms with Crippen molar-refractivity contribution < 1.29 is 14.5 Å². The lowest BCUT2D eigenvalue weighted by molar-refractivity contribution is -0.385. The van der Waals surface area contributed by atoms with Crippen LogP contribution in [0.5, 0.6) is 0 Å². The minimum absolute atomic E-state index is 0.0796. The molecule has 2 amide bonds. The summed E-state index contributed by atoms with van der Waals surface area (Å²) in [5.41, 5.74) is -0.352. The fourth-order valence-electron chi connectivity index (χ4n) is 1.79. The summed E-state index contributed by atoms with van der Waals surface area (Å²) in [6.45, 7) is -0.399. The summed E-state index contributed by atoms with van der Waals surface area (Å²) in [4.78, 5) is 37.9. The number of nitrogens with one attached hydrogen (secondary N) is 2. The van der Waals surface area contributed by atoms with Crippen molar-refractivity contribution in [3.63, 3.8) is 0 Å². The first-order valence-corrected chi connectivity index (χ1v) is 7.26. The Labute approximate surface area is 145 Å². The SMILES string of the molecule is O=C(CNC(=O)c1c(Cl)cccc1[N+](=O)[O-])Nc1ccc(Cl)nc1. The third-order valence-corrected chi connectivity index (χ3v) is 3.37. The number of halogens is 2. The van der Waals surface area contributed by atoms with Gasteiger partial charge in [0.2, 0.25) is 5.91 Å². The highest BCUT2D eigenvalue weighted by molar-refractivity contribution is 6.34. The molecule has 0 aliphatic carbocycles. The van der Waals surface area contributed by atoms with Crippen LogP contribution in [0.2, 0.25) is 10.2 Å². The summed E-state index contributed by atoms with van der Waals surface area (Å²) in [6.07, 6.45) is 1.35. The quantitative estimate of drug-likeness (QED) is 0.478. The third-order valence-electron chi connectivity index (χ3n) is 2.84. The first-order chi connectivity index (χ1) is 11.4. The van der Waals surface area contributed by atoms with Gasteiger partial charge in [-0.1, -0.05) is 29.3 Å². The lowest BCUT2D eigenvalue weighted by Gasteiger charge is -2.08. The Morgan fingerprint density at radius 2 is 1.96 bits per heavy atom. The van der Waals surface area contributed by atoms with Gasteiger partial charge in [-0.25, -0.2) is 4.98 Å². The molecule has 2 rings (SSSR count). The molecule has 0 fully saturated rings. The van der Waals surface area contributed by atoms with E-state index in [4.69, 9.17) is 23.2 Å². The molecule has 8 nitrogen and oxygen atoms in total. The second-order valence-electron chi connectivity index (χ2n) is 4.49. The molecule has 1 aromatic carbocycles. The average Bonchev–Trinajstić information content (AvgIpc) is 2.54. The molecule has 0 spiro atoms. The maximum Gasteiger partial charge on any atom is 0.283 e. The van der Waals surface area contributed by atoms with Gasteiger partial charge in [0.05, 0.1) is 28.4 Å². The predicted octanol–water partition coefficient (Wildman–Crippen LogP) is 2.67. The lowest BCUT2D eigenvalue weighted by Crippen LogP contribution is -2.33. The number of amides is 2. The number of anilines is 1. The Balaban J connectivity index is 2.02. The zero-order chi connectivity index (χ0) is 17.7. The van der Waals surface area contributed by atoms with Crippen molar-refractivity contribution >= 4 is 46.4 Å². The Morgan fingerprint density at radius 1 is 1.21 bits per heavy atom. The minimum Gasteiger partial charge on any atom is -0.343 e. The Kier molecular flexibility index (Phi) is 5.67. The van der Waals surface area contributed by atoms with Crippen LogP contribution in [0.1, 0.15) is 10.4 Å². The van der Waals surface area contributed by atoms with E-state index < -0.39 is 29.0 Å². The summed E-state index contributed by atoms with van der Waals surface area (Å²) in [5, 5.41) is 15.9. The largest absolute Gasteiger partial charge is 0.343 e. The fourth-order valence-corrected chi connectivity index (χ4v) is 2.16. The first-order valence-electron chi connectivity index (χ1n) is 6.51. The molecule has 1 heterocycles. The number of nitro groups is 1. The number of carbonyl (C=O) groups excluding carboxylic acids is 2.